The summed E-state index contributed by atoms with van der Waals surface area (Å²) in [5, 5.41) is 22.0. The molecule has 7 atom stereocenters. The highest BCUT2D eigenvalue weighted by molar-refractivity contribution is 5.66. The summed E-state index contributed by atoms with van der Waals surface area (Å²) in [5.74, 6) is -0.0582. The molecule has 2 N–H and O–H groups in total. The fourth-order valence-electron chi connectivity index (χ4n) is 7.59. The van der Waals surface area contributed by atoms with E-state index in [4.69, 9.17) is 13.9 Å². The number of hydrogen-bond acceptors (Lipinski definition) is 7. The van der Waals surface area contributed by atoms with Crippen LogP contribution in [0.5, 0.6) is 5.75 Å². The molecule has 1 aliphatic heterocycles. The highest BCUT2D eigenvalue weighted by Gasteiger charge is 2.62. The molecule has 7 heteroatoms. The van der Waals surface area contributed by atoms with Crippen molar-refractivity contribution in [2.24, 2.45) is 22.7 Å². The van der Waals surface area contributed by atoms with Gasteiger partial charge in [-0.05, 0) is 94.5 Å². The summed E-state index contributed by atoms with van der Waals surface area (Å²) in [5.41, 5.74) is -0.183. The van der Waals surface area contributed by atoms with Gasteiger partial charge in [0.1, 0.15) is 17.6 Å². The second-order valence-electron chi connectivity index (χ2n) is 12.4. The molecule has 0 bridgehead atoms. The van der Waals surface area contributed by atoms with Gasteiger partial charge in [-0.3, -0.25) is 4.79 Å². The third kappa shape index (κ3) is 4.22. The summed E-state index contributed by atoms with van der Waals surface area (Å²) in [7, 11) is 0. The lowest BCUT2D eigenvalue weighted by atomic mass is 9.44. The molecule has 3 aliphatic rings. The van der Waals surface area contributed by atoms with E-state index < -0.39 is 17.3 Å². The van der Waals surface area contributed by atoms with Crippen LogP contribution in [0.2, 0.25) is 0 Å². The van der Waals surface area contributed by atoms with Crippen molar-refractivity contribution in [3.05, 3.63) is 39.5 Å². The largest absolute Gasteiger partial charge is 0.507 e. The molecule has 2 saturated carbocycles. The van der Waals surface area contributed by atoms with Gasteiger partial charge in [0.2, 0.25) is 0 Å². The maximum Gasteiger partial charge on any atom is 0.342 e. The van der Waals surface area contributed by atoms with E-state index in [2.05, 4.69) is 20.4 Å². The number of aryl methyl sites for hydroxylation is 1. The van der Waals surface area contributed by atoms with E-state index in [-0.39, 0.29) is 58.6 Å². The molecule has 0 radical (unpaired) electrons. The average molecular weight is 503 g/mol. The Morgan fingerprint density at radius 1 is 1.14 bits per heavy atom. The van der Waals surface area contributed by atoms with Crippen LogP contribution in [0, 0.1) is 36.5 Å². The van der Waals surface area contributed by atoms with Gasteiger partial charge in [0.25, 0.3) is 0 Å². The van der Waals surface area contributed by atoms with Crippen molar-refractivity contribution in [2.75, 3.05) is 0 Å². The third-order valence-electron chi connectivity index (χ3n) is 9.95. The number of aliphatic hydroxyl groups is 1. The fourth-order valence-corrected chi connectivity index (χ4v) is 7.59. The Bertz CT molecular complexity index is 1120. The Morgan fingerprint density at radius 2 is 1.78 bits per heavy atom. The topological polar surface area (TPSA) is 106 Å². The lowest BCUT2D eigenvalue weighted by Crippen LogP contribution is -2.59. The van der Waals surface area contributed by atoms with Gasteiger partial charge in [-0.15, -0.1) is 0 Å². The number of aromatic hydroxyl groups is 1. The van der Waals surface area contributed by atoms with E-state index in [0.29, 0.717) is 29.7 Å². The minimum absolute atomic E-state index is 0.0274. The maximum atomic E-state index is 12.8. The number of fused-ring (bicyclic) bond motifs is 3. The molecule has 200 valence electrons. The van der Waals surface area contributed by atoms with Gasteiger partial charge in [0.15, 0.2) is 0 Å². The van der Waals surface area contributed by atoms with E-state index in [1.807, 2.05) is 13.8 Å². The molecule has 2 heterocycles. The van der Waals surface area contributed by atoms with Crippen LogP contribution in [0.25, 0.3) is 0 Å². The number of rotatable bonds is 3. The summed E-state index contributed by atoms with van der Waals surface area (Å²) in [4.78, 5) is 24.6. The Hall–Kier alpha value is -2.12. The van der Waals surface area contributed by atoms with Gasteiger partial charge in [-0.1, -0.05) is 20.4 Å². The zero-order chi connectivity index (χ0) is 26.8. The third-order valence-corrected chi connectivity index (χ3v) is 9.95. The predicted octanol–water partition coefficient (Wildman–Crippen LogP) is 4.75. The van der Waals surface area contributed by atoms with Crippen molar-refractivity contribution in [3.8, 4) is 5.75 Å². The first-order chi connectivity index (χ1) is 16.6. The summed E-state index contributed by atoms with van der Waals surface area (Å²) in [6, 6.07) is 0. The van der Waals surface area contributed by atoms with Crippen molar-refractivity contribution >= 4 is 5.97 Å². The van der Waals surface area contributed by atoms with Crippen LogP contribution in [0.1, 0.15) is 83.6 Å². The van der Waals surface area contributed by atoms with Crippen molar-refractivity contribution in [3.63, 3.8) is 0 Å². The molecule has 0 amide bonds. The van der Waals surface area contributed by atoms with Gasteiger partial charge in [-0.2, -0.15) is 0 Å². The predicted molar refractivity (Wildman–Crippen MR) is 136 cm³/mol. The van der Waals surface area contributed by atoms with Crippen LogP contribution in [0.3, 0.4) is 0 Å². The molecule has 1 aromatic heterocycles. The molecular formula is C29H42O7. The van der Waals surface area contributed by atoms with E-state index in [1.165, 1.54) is 6.92 Å². The Morgan fingerprint density at radius 3 is 2.42 bits per heavy atom. The van der Waals surface area contributed by atoms with E-state index in [9.17, 15) is 19.8 Å². The smallest absolute Gasteiger partial charge is 0.342 e. The highest BCUT2D eigenvalue weighted by Crippen LogP contribution is 2.64. The Kier molecular flexibility index (Phi) is 6.74. The number of carbonyl (C=O) groups excluding carboxylic acids is 1. The van der Waals surface area contributed by atoms with E-state index >= 15 is 0 Å². The van der Waals surface area contributed by atoms with E-state index in [0.717, 1.165) is 19.3 Å². The molecule has 0 aromatic carbocycles. The van der Waals surface area contributed by atoms with Gasteiger partial charge in [0.05, 0.1) is 23.4 Å². The van der Waals surface area contributed by atoms with E-state index in [1.54, 1.807) is 13.8 Å². The normalized spacial score (nSPS) is 38.0. The first kappa shape index (κ1) is 26.9. The lowest BCUT2D eigenvalue weighted by Gasteiger charge is -2.62. The highest BCUT2D eigenvalue weighted by atomic mass is 16.6. The second-order valence-corrected chi connectivity index (χ2v) is 12.4. The number of hydrogen-bond donors (Lipinski definition) is 2. The van der Waals surface area contributed by atoms with Gasteiger partial charge in [-0.25, -0.2) is 4.79 Å². The summed E-state index contributed by atoms with van der Waals surface area (Å²) >= 11 is 0. The molecule has 7 nitrogen and oxygen atoms in total. The van der Waals surface area contributed by atoms with Crippen LogP contribution in [0.4, 0.5) is 0 Å². The minimum atomic E-state index is -0.718. The zero-order valence-corrected chi connectivity index (χ0v) is 22.8. The zero-order valence-electron chi connectivity index (χ0n) is 22.8. The number of aliphatic hydroxyl groups excluding tert-OH is 1. The van der Waals surface area contributed by atoms with Crippen molar-refractivity contribution < 1.29 is 28.9 Å². The molecule has 1 saturated heterocycles. The van der Waals surface area contributed by atoms with Crippen LogP contribution in [0.15, 0.2) is 21.4 Å². The molecule has 36 heavy (non-hydrogen) atoms. The quantitative estimate of drug-likeness (QED) is 0.454. The number of ether oxygens (including phenoxy) is 2. The summed E-state index contributed by atoms with van der Waals surface area (Å²) in [6.07, 6.45) is 2.83. The van der Waals surface area contributed by atoms with Crippen LogP contribution in [-0.4, -0.2) is 40.1 Å². The van der Waals surface area contributed by atoms with Crippen LogP contribution >= 0.6 is 0 Å². The maximum absolute atomic E-state index is 12.8. The minimum Gasteiger partial charge on any atom is -0.507 e. The van der Waals surface area contributed by atoms with Gasteiger partial charge < -0.3 is 24.1 Å². The number of carbonyl (C=O) groups is 1. The van der Waals surface area contributed by atoms with Crippen molar-refractivity contribution in [2.45, 2.75) is 111 Å². The molecule has 1 aromatic rings. The average Bonchev–Trinajstić information content (AvgIpc) is 2.87. The molecular weight excluding hydrogens is 460 g/mol. The van der Waals surface area contributed by atoms with Crippen molar-refractivity contribution in [1.29, 1.82) is 0 Å². The van der Waals surface area contributed by atoms with Gasteiger partial charge >= 0.3 is 11.6 Å². The molecule has 0 unspecified atom stereocenters. The SMILES string of the molecule is C=C1[C@H](O)C[C@@H]2[C@](C)(CC[C@H]3OC(C)(C)[C@@H](OC(C)=O)CC[C@]23C)[C@@H]1Cc1c(O)c(C)c(C)oc1=O. The number of esters is 1. The molecule has 3 fully saturated rings. The first-order valence-electron chi connectivity index (χ1n) is 13.2. The van der Waals surface area contributed by atoms with Gasteiger partial charge in [0, 0.05) is 12.5 Å². The summed E-state index contributed by atoms with van der Waals surface area (Å²) in [6.45, 7) is 17.6. The Balaban J connectivity index is 1.73. The van der Waals surface area contributed by atoms with Crippen LogP contribution < -0.4 is 5.63 Å². The standard InChI is InChI=1S/C29H42O7/c1-15-17(3)34-26(33)19(25(15)32)13-20-16(2)21(31)14-22-28(20,7)11-10-24-29(22,8)12-9-23(35-18(4)30)27(5,6)36-24/h20-24,31-32H,2,9-14H2,1,3-8H3/t20-,21-,22-,23+,24-,28-,29-/m1/s1. The summed E-state index contributed by atoms with van der Waals surface area (Å²) < 4.78 is 17.8. The lowest BCUT2D eigenvalue weighted by molar-refractivity contribution is -0.209. The van der Waals surface area contributed by atoms with Crippen LogP contribution in [-0.2, 0) is 20.7 Å². The van der Waals surface area contributed by atoms with Crippen molar-refractivity contribution in [1.82, 2.24) is 0 Å². The first-order valence-corrected chi connectivity index (χ1v) is 13.2. The molecule has 0 spiro atoms. The molecule has 4 rings (SSSR count). The Labute approximate surface area is 213 Å². The monoisotopic (exact) mass is 502 g/mol. The fraction of sp³-hybridized carbons (Fsp3) is 0.724. The molecule has 2 aliphatic carbocycles. The second kappa shape index (κ2) is 9.02.